The van der Waals surface area contributed by atoms with Crippen LogP contribution in [-0.4, -0.2) is 15.6 Å². The van der Waals surface area contributed by atoms with Gasteiger partial charge in [0.25, 0.3) is 0 Å². The average Bonchev–Trinajstić information content (AvgIpc) is 2.60. The van der Waals surface area contributed by atoms with Crippen molar-refractivity contribution >= 4 is 21.8 Å². The first-order valence-electron chi connectivity index (χ1n) is 4.74. The molecule has 0 spiro atoms. The summed E-state index contributed by atoms with van der Waals surface area (Å²) in [5, 5.41) is 11.6. The highest BCUT2D eigenvalue weighted by molar-refractivity contribution is 9.10. The molecule has 0 atom stereocenters. The Bertz CT molecular complexity index is 545. The molecule has 3 N–H and O–H groups in total. The fourth-order valence-corrected chi connectivity index (χ4v) is 1.93. The van der Waals surface area contributed by atoms with Crippen molar-refractivity contribution in [3.05, 3.63) is 46.2 Å². The number of aromatic nitrogens is 2. The molecule has 0 aliphatic rings. The van der Waals surface area contributed by atoms with Gasteiger partial charge in [0.2, 0.25) is 0 Å². The quantitative estimate of drug-likeness (QED) is 0.653. The molecule has 4 nitrogen and oxygen atoms in total. The predicted molar refractivity (Wildman–Crippen MR) is 67.0 cm³/mol. The van der Waals surface area contributed by atoms with Crippen LogP contribution in [0.4, 0.5) is 0 Å². The summed E-state index contributed by atoms with van der Waals surface area (Å²) in [5.74, 6) is 0.0405. The van der Waals surface area contributed by atoms with E-state index in [4.69, 9.17) is 11.1 Å². The van der Waals surface area contributed by atoms with Crippen molar-refractivity contribution in [1.82, 2.24) is 9.78 Å². The molecule has 82 valence electrons. The van der Waals surface area contributed by atoms with Crippen LogP contribution in [0.25, 0.3) is 5.69 Å². The molecule has 0 aliphatic carbocycles. The first-order chi connectivity index (χ1) is 7.59. The topological polar surface area (TPSA) is 67.7 Å². The fraction of sp³-hybridized carbons (Fsp3) is 0.0909. The lowest BCUT2D eigenvalue weighted by atomic mass is 10.2. The summed E-state index contributed by atoms with van der Waals surface area (Å²) in [6.07, 6.45) is 1.61. The summed E-state index contributed by atoms with van der Waals surface area (Å²) in [6.45, 7) is 1.89. The molecular weight excluding hydrogens is 268 g/mol. The van der Waals surface area contributed by atoms with Gasteiger partial charge in [0, 0.05) is 4.47 Å². The molecule has 0 aliphatic heterocycles. The van der Waals surface area contributed by atoms with E-state index in [1.54, 1.807) is 10.9 Å². The van der Waals surface area contributed by atoms with Crippen molar-refractivity contribution in [3.63, 3.8) is 0 Å². The maximum Gasteiger partial charge on any atom is 0.126 e. The van der Waals surface area contributed by atoms with Crippen LogP contribution in [0.2, 0.25) is 0 Å². The number of nitrogens with one attached hydrogen (secondary N) is 1. The number of rotatable bonds is 2. The number of nitrogens with two attached hydrogens (primary N) is 1. The van der Waals surface area contributed by atoms with Crippen LogP contribution < -0.4 is 5.73 Å². The van der Waals surface area contributed by atoms with Gasteiger partial charge in [0.15, 0.2) is 0 Å². The van der Waals surface area contributed by atoms with E-state index >= 15 is 0 Å². The van der Waals surface area contributed by atoms with Gasteiger partial charge in [-0.05, 0) is 25.1 Å². The van der Waals surface area contributed by atoms with Gasteiger partial charge in [-0.3, -0.25) is 5.41 Å². The molecule has 2 rings (SSSR count). The van der Waals surface area contributed by atoms with E-state index in [9.17, 15) is 0 Å². The lowest BCUT2D eigenvalue weighted by Crippen LogP contribution is -2.12. The van der Waals surface area contributed by atoms with Crippen LogP contribution in [-0.2, 0) is 0 Å². The Morgan fingerprint density at radius 3 is 2.81 bits per heavy atom. The first-order valence-corrected chi connectivity index (χ1v) is 5.54. The highest BCUT2D eigenvalue weighted by atomic mass is 79.9. The Kier molecular flexibility index (Phi) is 2.78. The minimum atomic E-state index is 0.0405. The van der Waals surface area contributed by atoms with Gasteiger partial charge in [-0.25, -0.2) is 4.68 Å². The zero-order valence-electron chi connectivity index (χ0n) is 8.74. The van der Waals surface area contributed by atoms with Crippen molar-refractivity contribution in [2.24, 2.45) is 5.73 Å². The Balaban J connectivity index is 2.53. The molecule has 5 heteroatoms. The number of nitrogens with zero attached hydrogens (tertiary/aromatic N) is 2. The van der Waals surface area contributed by atoms with Crippen molar-refractivity contribution in [3.8, 4) is 5.69 Å². The van der Waals surface area contributed by atoms with Crippen LogP contribution in [0.15, 0.2) is 34.9 Å². The molecule has 0 saturated heterocycles. The third-order valence-electron chi connectivity index (χ3n) is 2.35. The maximum absolute atomic E-state index is 7.41. The number of halogens is 1. The number of benzene rings is 1. The van der Waals surface area contributed by atoms with Crippen LogP contribution >= 0.6 is 15.9 Å². The van der Waals surface area contributed by atoms with Crippen LogP contribution in [0, 0.1) is 12.3 Å². The van der Waals surface area contributed by atoms with E-state index < -0.39 is 0 Å². The standard InChI is InChI=1S/C11H11BrN4/c1-7-10(11(13)14)6-15-16(7)9-4-2-3-8(12)5-9/h2-6H,1H3,(H3,13,14). The highest BCUT2D eigenvalue weighted by Gasteiger charge is 2.09. The monoisotopic (exact) mass is 278 g/mol. The van der Waals surface area contributed by atoms with E-state index in [2.05, 4.69) is 21.0 Å². The summed E-state index contributed by atoms with van der Waals surface area (Å²) >= 11 is 3.41. The average molecular weight is 279 g/mol. The summed E-state index contributed by atoms with van der Waals surface area (Å²) in [6, 6.07) is 7.81. The van der Waals surface area contributed by atoms with Crippen molar-refractivity contribution in [1.29, 1.82) is 5.41 Å². The molecule has 16 heavy (non-hydrogen) atoms. The van der Waals surface area contributed by atoms with Crippen molar-refractivity contribution in [2.75, 3.05) is 0 Å². The Morgan fingerprint density at radius 1 is 1.50 bits per heavy atom. The van der Waals surface area contributed by atoms with Crippen LogP contribution in [0.1, 0.15) is 11.3 Å². The zero-order chi connectivity index (χ0) is 11.7. The highest BCUT2D eigenvalue weighted by Crippen LogP contribution is 2.17. The lowest BCUT2D eigenvalue weighted by Gasteiger charge is -2.05. The molecule has 0 saturated carbocycles. The summed E-state index contributed by atoms with van der Waals surface area (Å²) in [5.41, 5.74) is 7.93. The minimum absolute atomic E-state index is 0.0405. The molecule has 1 aromatic heterocycles. The van der Waals surface area contributed by atoms with Gasteiger partial charge in [-0.2, -0.15) is 5.10 Å². The molecule has 1 aromatic carbocycles. The largest absolute Gasteiger partial charge is 0.384 e. The molecule has 0 radical (unpaired) electrons. The smallest absolute Gasteiger partial charge is 0.126 e. The van der Waals surface area contributed by atoms with E-state index in [1.807, 2.05) is 31.2 Å². The fourth-order valence-electron chi connectivity index (χ4n) is 1.54. The molecule has 1 heterocycles. The van der Waals surface area contributed by atoms with Crippen molar-refractivity contribution < 1.29 is 0 Å². The van der Waals surface area contributed by atoms with Crippen LogP contribution in [0.5, 0.6) is 0 Å². The molecule has 0 unspecified atom stereocenters. The zero-order valence-corrected chi connectivity index (χ0v) is 10.3. The SMILES string of the molecule is Cc1c(C(=N)N)cnn1-c1cccc(Br)c1. The number of hydrogen-bond donors (Lipinski definition) is 2. The van der Waals surface area contributed by atoms with E-state index in [0.29, 0.717) is 5.56 Å². The van der Waals surface area contributed by atoms with Gasteiger partial charge in [-0.15, -0.1) is 0 Å². The van der Waals surface area contributed by atoms with Gasteiger partial charge in [0.1, 0.15) is 5.84 Å². The van der Waals surface area contributed by atoms with E-state index in [0.717, 1.165) is 15.9 Å². The third kappa shape index (κ3) is 1.86. The second-order valence-electron chi connectivity index (χ2n) is 3.45. The summed E-state index contributed by atoms with van der Waals surface area (Å²) in [7, 11) is 0. The van der Waals surface area contributed by atoms with Gasteiger partial charge in [0.05, 0.1) is 23.1 Å². The second-order valence-corrected chi connectivity index (χ2v) is 4.36. The molecular formula is C11H11BrN4. The second kappa shape index (κ2) is 4.09. The molecule has 2 aromatic rings. The summed E-state index contributed by atoms with van der Waals surface area (Å²) < 4.78 is 2.76. The van der Waals surface area contributed by atoms with Gasteiger partial charge in [-0.1, -0.05) is 22.0 Å². The Hall–Kier alpha value is -1.62. The van der Waals surface area contributed by atoms with Crippen molar-refractivity contribution in [2.45, 2.75) is 6.92 Å². The molecule has 0 bridgehead atoms. The lowest BCUT2D eigenvalue weighted by molar-refractivity contribution is 0.846. The summed E-state index contributed by atoms with van der Waals surface area (Å²) in [4.78, 5) is 0. The number of nitrogen functional groups attached to an aromatic ring is 1. The van der Waals surface area contributed by atoms with Gasteiger partial charge < -0.3 is 5.73 Å². The van der Waals surface area contributed by atoms with Gasteiger partial charge >= 0.3 is 0 Å². The first kappa shape index (κ1) is 10.9. The molecule has 0 amide bonds. The minimum Gasteiger partial charge on any atom is -0.384 e. The predicted octanol–water partition coefficient (Wildman–Crippen LogP) is 2.23. The molecule has 0 fully saturated rings. The number of hydrogen-bond acceptors (Lipinski definition) is 2. The Morgan fingerprint density at radius 2 is 2.25 bits per heavy atom. The third-order valence-corrected chi connectivity index (χ3v) is 2.85. The van der Waals surface area contributed by atoms with E-state index in [1.165, 1.54) is 0 Å². The Labute approximate surface area is 102 Å². The normalized spacial score (nSPS) is 10.4. The maximum atomic E-state index is 7.41. The van der Waals surface area contributed by atoms with E-state index in [-0.39, 0.29) is 5.84 Å². The number of amidine groups is 1. The van der Waals surface area contributed by atoms with Crippen LogP contribution in [0.3, 0.4) is 0 Å².